The molecule has 160 valence electrons. The van der Waals surface area contributed by atoms with Crippen molar-refractivity contribution in [2.75, 3.05) is 24.7 Å². The van der Waals surface area contributed by atoms with Gasteiger partial charge in [-0.1, -0.05) is 43.4 Å². The zero-order valence-corrected chi connectivity index (χ0v) is 18.5. The molecule has 1 fully saturated rings. The van der Waals surface area contributed by atoms with E-state index in [9.17, 15) is 0 Å². The van der Waals surface area contributed by atoms with Crippen LogP contribution in [-0.4, -0.2) is 56.0 Å². The van der Waals surface area contributed by atoms with E-state index in [-0.39, 0.29) is 11.5 Å². The summed E-state index contributed by atoms with van der Waals surface area (Å²) in [7, 11) is 0. The van der Waals surface area contributed by atoms with Gasteiger partial charge in [-0.15, -0.1) is 5.10 Å². The van der Waals surface area contributed by atoms with Crippen LogP contribution in [0.25, 0.3) is 21.6 Å². The molecule has 0 radical (unpaired) electrons. The quantitative estimate of drug-likeness (QED) is 0.531. The minimum Gasteiger partial charge on any atom is -0.377 e. The summed E-state index contributed by atoms with van der Waals surface area (Å²) in [6.45, 7) is 7.56. The second-order valence-electron chi connectivity index (χ2n) is 9.26. The zero-order chi connectivity index (χ0) is 21.0. The van der Waals surface area contributed by atoms with Crippen LogP contribution in [0.3, 0.4) is 0 Å². The number of thiazole rings is 1. The smallest absolute Gasteiger partial charge is 0.194 e. The molecule has 31 heavy (non-hydrogen) atoms. The van der Waals surface area contributed by atoms with Crippen molar-refractivity contribution in [1.29, 1.82) is 0 Å². The summed E-state index contributed by atoms with van der Waals surface area (Å²) < 4.78 is 7.81. The van der Waals surface area contributed by atoms with Gasteiger partial charge < -0.3 is 14.6 Å². The zero-order valence-electron chi connectivity index (χ0n) is 17.7. The lowest BCUT2D eigenvalue weighted by Crippen LogP contribution is -2.46. The van der Waals surface area contributed by atoms with Crippen molar-refractivity contribution in [3.8, 4) is 10.7 Å². The fourth-order valence-corrected chi connectivity index (χ4v) is 5.94. The van der Waals surface area contributed by atoms with E-state index in [1.165, 1.54) is 16.5 Å². The minimum atomic E-state index is 0.0508. The molecule has 5 heterocycles. The largest absolute Gasteiger partial charge is 0.377 e. The van der Waals surface area contributed by atoms with Crippen LogP contribution in [0.15, 0.2) is 30.5 Å². The van der Waals surface area contributed by atoms with Gasteiger partial charge in [0.2, 0.25) is 0 Å². The van der Waals surface area contributed by atoms with E-state index in [0.717, 1.165) is 54.1 Å². The maximum Gasteiger partial charge on any atom is 0.194 e. The van der Waals surface area contributed by atoms with Gasteiger partial charge in [-0.2, -0.15) is 0 Å². The number of para-hydroxylation sites is 1. The molecule has 1 atom stereocenters. The highest BCUT2D eigenvalue weighted by Gasteiger charge is 2.34. The fraction of sp³-hybridized carbons (Fsp3) is 0.455. The average Bonchev–Trinajstić information content (AvgIpc) is 3.46. The number of nitrogens with one attached hydrogen (secondary N) is 1. The molecule has 0 amide bonds. The van der Waals surface area contributed by atoms with Crippen molar-refractivity contribution in [1.82, 2.24) is 30.2 Å². The Kier molecular flexibility index (Phi) is 4.36. The van der Waals surface area contributed by atoms with Crippen LogP contribution in [0.4, 0.5) is 5.13 Å². The van der Waals surface area contributed by atoms with Gasteiger partial charge in [0.15, 0.2) is 11.0 Å². The molecule has 1 saturated heterocycles. The van der Waals surface area contributed by atoms with Crippen molar-refractivity contribution in [2.24, 2.45) is 5.41 Å². The highest BCUT2D eigenvalue weighted by molar-refractivity contribution is 7.19. The highest BCUT2D eigenvalue weighted by atomic mass is 32.1. The SMILES string of the molecule is CC1(C)Cc2nc(N3CCOC[C@@H]3Cc3c[nH]c4ccccc34)sc2-c2nnnn2C1. The topological polar surface area (TPSA) is 84.8 Å². The first kappa shape index (κ1) is 18.9. The fourth-order valence-electron chi connectivity index (χ4n) is 4.78. The Morgan fingerprint density at radius 3 is 3.13 bits per heavy atom. The van der Waals surface area contributed by atoms with Crippen LogP contribution in [0.1, 0.15) is 25.1 Å². The Hall–Kier alpha value is -2.78. The molecule has 4 aromatic rings. The summed E-state index contributed by atoms with van der Waals surface area (Å²) in [6.07, 6.45) is 3.95. The molecule has 0 spiro atoms. The van der Waals surface area contributed by atoms with Crippen LogP contribution in [0.2, 0.25) is 0 Å². The first-order valence-electron chi connectivity index (χ1n) is 10.7. The molecule has 1 aromatic carbocycles. The monoisotopic (exact) mass is 435 g/mol. The molecule has 0 saturated carbocycles. The second-order valence-corrected chi connectivity index (χ2v) is 10.2. The number of hydrogen-bond donors (Lipinski definition) is 1. The number of nitrogens with zero attached hydrogens (tertiary/aromatic N) is 6. The van der Waals surface area contributed by atoms with Crippen LogP contribution in [-0.2, 0) is 24.1 Å². The van der Waals surface area contributed by atoms with Gasteiger partial charge in [0.25, 0.3) is 0 Å². The molecular weight excluding hydrogens is 410 g/mol. The Labute approximate surface area is 184 Å². The van der Waals surface area contributed by atoms with Crippen molar-refractivity contribution in [3.05, 3.63) is 41.7 Å². The normalized spacial score (nSPS) is 20.5. The summed E-state index contributed by atoms with van der Waals surface area (Å²) in [5.74, 6) is 0.839. The van der Waals surface area contributed by atoms with Gasteiger partial charge in [-0.05, 0) is 40.3 Å². The summed E-state index contributed by atoms with van der Waals surface area (Å²) in [5.41, 5.74) is 3.65. The number of fused-ring (bicyclic) bond motifs is 4. The van der Waals surface area contributed by atoms with Crippen molar-refractivity contribution >= 4 is 27.4 Å². The second kappa shape index (κ2) is 7.13. The predicted octanol–water partition coefficient (Wildman–Crippen LogP) is 3.31. The molecule has 3 aromatic heterocycles. The Bertz CT molecular complexity index is 1240. The average molecular weight is 436 g/mol. The van der Waals surface area contributed by atoms with Crippen molar-refractivity contribution < 1.29 is 4.74 Å². The maximum absolute atomic E-state index is 5.88. The molecule has 9 heteroatoms. The number of aromatic amines is 1. The first-order valence-corrected chi connectivity index (χ1v) is 11.5. The summed E-state index contributed by atoms with van der Waals surface area (Å²) in [4.78, 5) is 12.0. The number of rotatable bonds is 3. The van der Waals surface area contributed by atoms with Gasteiger partial charge in [0.05, 0.1) is 36.4 Å². The van der Waals surface area contributed by atoms with Crippen LogP contribution >= 0.6 is 11.3 Å². The van der Waals surface area contributed by atoms with Crippen LogP contribution in [0.5, 0.6) is 0 Å². The van der Waals surface area contributed by atoms with Crippen LogP contribution < -0.4 is 4.90 Å². The number of anilines is 1. The van der Waals surface area contributed by atoms with E-state index in [4.69, 9.17) is 9.72 Å². The molecule has 0 unspecified atom stereocenters. The number of aromatic nitrogens is 6. The number of morpholine rings is 1. The van der Waals surface area contributed by atoms with E-state index < -0.39 is 0 Å². The predicted molar refractivity (Wildman–Crippen MR) is 120 cm³/mol. The molecule has 2 aliphatic heterocycles. The standard InChI is InChI=1S/C22H25N7OS/c1-22(2)10-18-19(20-25-26-27-29(20)13-22)31-21(24-18)28-7-8-30-12-15(28)9-14-11-23-17-6-4-3-5-16(14)17/h3-6,11,15,23H,7-10,12-13H2,1-2H3/t15-/m0/s1. The number of tetrazole rings is 1. The van der Waals surface area contributed by atoms with E-state index >= 15 is 0 Å². The van der Waals surface area contributed by atoms with E-state index in [1.807, 2.05) is 4.68 Å². The third kappa shape index (κ3) is 3.32. The molecule has 2 aliphatic rings. The molecule has 0 bridgehead atoms. The summed E-state index contributed by atoms with van der Waals surface area (Å²) in [5, 5.41) is 14.8. The lowest BCUT2D eigenvalue weighted by Gasteiger charge is -2.35. The summed E-state index contributed by atoms with van der Waals surface area (Å²) in [6, 6.07) is 8.71. The molecule has 0 aliphatic carbocycles. The van der Waals surface area contributed by atoms with E-state index in [2.05, 4.69) is 69.7 Å². The Morgan fingerprint density at radius 2 is 2.19 bits per heavy atom. The maximum atomic E-state index is 5.88. The molecular formula is C22H25N7OS. The summed E-state index contributed by atoms with van der Waals surface area (Å²) >= 11 is 1.71. The number of benzene rings is 1. The molecule has 1 N–H and O–H groups in total. The Balaban J connectivity index is 1.36. The third-order valence-corrected chi connectivity index (χ3v) is 7.38. The lowest BCUT2D eigenvalue weighted by molar-refractivity contribution is 0.0941. The van der Waals surface area contributed by atoms with Gasteiger partial charge >= 0.3 is 0 Å². The Morgan fingerprint density at radius 1 is 1.29 bits per heavy atom. The number of H-pyrrole nitrogens is 1. The highest BCUT2D eigenvalue weighted by Crippen LogP contribution is 2.41. The van der Waals surface area contributed by atoms with Gasteiger partial charge in [-0.3, -0.25) is 0 Å². The van der Waals surface area contributed by atoms with Crippen molar-refractivity contribution in [2.45, 2.75) is 39.3 Å². The first-order chi connectivity index (χ1) is 15.1. The third-order valence-electron chi connectivity index (χ3n) is 6.25. The van der Waals surface area contributed by atoms with Crippen LogP contribution in [0, 0.1) is 5.41 Å². The van der Waals surface area contributed by atoms with Gasteiger partial charge in [0, 0.05) is 23.6 Å². The molecule has 8 nitrogen and oxygen atoms in total. The molecule has 6 rings (SSSR count). The number of ether oxygens (including phenoxy) is 1. The van der Waals surface area contributed by atoms with E-state index in [0.29, 0.717) is 6.61 Å². The minimum absolute atomic E-state index is 0.0508. The van der Waals surface area contributed by atoms with Crippen molar-refractivity contribution in [3.63, 3.8) is 0 Å². The van der Waals surface area contributed by atoms with Gasteiger partial charge in [0.1, 0.15) is 0 Å². The van der Waals surface area contributed by atoms with E-state index in [1.54, 1.807) is 11.3 Å². The van der Waals surface area contributed by atoms with Gasteiger partial charge in [-0.25, -0.2) is 9.67 Å². The number of hydrogen-bond acceptors (Lipinski definition) is 7. The lowest BCUT2D eigenvalue weighted by atomic mass is 9.88.